The molecule has 0 aliphatic heterocycles. The number of nitrogens with zero attached hydrogens (tertiary/aromatic N) is 2. The monoisotopic (exact) mass is 702 g/mol. The van der Waals surface area contributed by atoms with Gasteiger partial charge in [0.2, 0.25) is 0 Å². The molecule has 0 radical (unpaired) electrons. The van der Waals surface area contributed by atoms with E-state index >= 15 is 0 Å². The summed E-state index contributed by atoms with van der Waals surface area (Å²) in [4.78, 5) is 11.0. The van der Waals surface area contributed by atoms with Crippen molar-refractivity contribution in [1.29, 1.82) is 0 Å². The summed E-state index contributed by atoms with van der Waals surface area (Å²) in [6.45, 7) is 0. The minimum Gasteiger partial charge on any atom is -0.455 e. The van der Waals surface area contributed by atoms with Gasteiger partial charge in [-0.1, -0.05) is 158 Å². The smallest absolute Gasteiger partial charge is 0.143 e. The van der Waals surface area contributed by atoms with Crippen molar-refractivity contribution >= 4 is 60.1 Å². The molecule has 0 N–H and O–H groups in total. The number of para-hydroxylation sites is 2. The lowest BCUT2D eigenvalue weighted by Crippen LogP contribution is -2.01. The van der Waals surface area contributed by atoms with Gasteiger partial charge >= 0.3 is 0 Å². The van der Waals surface area contributed by atoms with Crippen molar-refractivity contribution in [3.05, 3.63) is 188 Å². The van der Waals surface area contributed by atoms with Gasteiger partial charge in [-0.2, -0.15) is 0 Å². The van der Waals surface area contributed by atoms with Gasteiger partial charge in [0.25, 0.3) is 0 Å². The molecular formula is C52H34N2O. The second kappa shape index (κ2) is 12.8. The van der Waals surface area contributed by atoms with Gasteiger partial charge in [0.1, 0.15) is 11.2 Å². The van der Waals surface area contributed by atoms with E-state index in [1.54, 1.807) is 0 Å². The third kappa shape index (κ3) is 5.27. The third-order valence-electron chi connectivity index (χ3n) is 11.1. The van der Waals surface area contributed by atoms with E-state index in [9.17, 15) is 0 Å². The van der Waals surface area contributed by atoms with Crippen LogP contribution in [0.25, 0.3) is 105 Å². The van der Waals surface area contributed by atoms with Gasteiger partial charge in [-0.15, -0.1) is 0 Å². The first kappa shape index (κ1) is 31.4. The number of hydrogen-bond donors (Lipinski definition) is 0. The molecule has 258 valence electrons. The number of hydrogen-bond acceptors (Lipinski definition) is 3. The summed E-state index contributed by atoms with van der Waals surface area (Å²) in [7, 11) is 0. The molecule has 11 rings (SSSR count). The van der Waals surface area contributed by atoms with Crippen LogP contribution in [0.1, 0.15) is 18.5 Å². The Hall–Kier alpha value is -7.10. The Kier molecular flexibility index (Phi) is 7.31. The van der Waals surface area contributed by atoms with Crippen LogP contribution in [0.3, 0.4) is 0 Å². The van der Waals surface area contributed by atoms with Crippen molar-refractivity contribution in [2.45, 2.75) is 12.8 Å². The molecule has 8 aromatic carbocycles. The predicted molar refractivity (Wildman–Crippen MR) is 230 cm³/mol. The van der Waals surface area contributed by atoms with Gasteiger partial charge < -0.3 is 4.42 Å². The SMILES string of the molecule is C1=CCCC(c2nc3c4ccccc4c4ccccc4c3nc2-c2cccc(-c3cccc(-c4cccc(-c5cccc6c5oc5ccccc56)c4)c3)c2)=C1. The van der Waals surface area contributed by atoms with E-state index in [2.05, 4.69) is 170 Å². The second-order valence-corrected chi connectivity index (χ2v) is 14.4. The van der Waals surface area contributed by atoms with Gasteiger partial charge in [-0.3, -0.25) is 0 Å². The van der Waals surface area contributed by atoms with Crippen LogP contribution in [-0.2, 0) is 0 Å². The maximum atomic E-state index is 6.40. The Morgan fingerprint density at radius 3 is 1.58 bits per heavy atom. The zero-order valence-corrected chi connectivity index (χ0v) is 30.0. The Balaban J connectivity index is 1.03. The van der Waals surface area contributed by atoms with Crippen LogP contribution >= 0.6 is 0 Å². The molecule has 0 unspecified atom stereocenters. The summed E-state index contributed by atoms with van der Waals surface area (Å²) in [5, 5.41) is 6.93. The fourth-order valence-electron chi connectivity index (χ4n) is 8.45. The van der Waals surface area contributed by atoms with Crippen LogP contribution in [0.15, 0.2) is 186 Å². The average Bonchev–Trinajstić information content (AvgIpc) is 3.66. The highest BCUT2D eigenvalue weighted by atomic mass is 16.3. The molecule has 0 saturated carbocycles. The predicted octanol–water partition coefficient (Wildman–Crippen LogP) is 14.2. The summed E-state index contributed by atoms with van der Waals surface area (Å²) in [5.41, 5.74) is 14.7. The van der Waals surface area contributed by atoms with E-state index in [1.165, 1.54) is 16.3 Å². The van der Waals surface area contributed by atoms with Crippen molar-refractivity contribution in [1.82, 2.24) is 9.97 Å². The van der Waals surface area contributed by atoms with Crippen molar-refractivity contribution in [2.75, 3.05) is 0 Å². The van der Waals surface area contributed by atoms with E-state index < -0.39 is 0 Å². The maximum Gasteiger partial charge on any atom is 0.143 e. The quantitative estimate of drug-likeness (QED) is 0.168. The van der Waals surface area contributed by atoms with Crippen molar-refractivity contribution < 1.29 is 4.42 Å². The van der Waals surface area contributed by atoms with Crippen LogP contribution in [0.2, 0.25) is 0 Å². The molecule has 0 spiro atoms. The number of benzene rings is 8. The van der Waals surface area contributed by atoms with Crippen LogP contribution in [-0.4, -0.2) is 9.97 Å². The van der Waals surface area contributed by atoms with E-state index in [1.807, 2.05) is 12.1 Å². The number of allylic oxidation sites excluding steroid dienone is 4. The lowest BCUT2D eigenvalue weighted by atomic mass is 9.93. The van der Waals surface area contributed by atoms with E-state index in [-0.39, 0.29) is 0 Å². The lowest BCUT2D eigenvalue weighted by Gasteiger charge is -2.17. The van der Waals surface area contributed by atoms with Gasteiger partial charge in [-0.05, 0) is 81.3 Å². The summed E-state index contributed by atoms with van der Waals surface area (Å²) < 4.78 is 6.40. The molecule has 2 aromatic heterocycles. The first-order chi connectivity index (χ1) is 27.3. The normalized spacial score (nSPS) is 13.0. The van der Waals surface area contributed by atoms with Gasteiger partial charge in [0, 0.05) is 32.7 Å². The zero-order valence-electron chi connectivity index (χ0n) is 30.0. The zero-order chi connectivity index (χ0) is 36.3. The fourth-order valence-corrected chi connectivity index (χ4v) is 8.45. The second-order valence-electron chi connectivity index (χ2n) is 14.4. The molecule has 3 heteroatoms. The molecule has 0 saturated heterocycles. The largest absolute Gasteiger partial charge is 0.455 e. The molecule has 0 bridgehead atoms. The first-order valence-electron chi connectivity index (χ1n) is 19.0. The first-order valence-corrected chi connectivity index (χ1v) is 19.0. The summed E-state index contributed by atoms with van der Waals surface area (Å²) in [6.07, 6.45) is 8.51. The minimum absolute atomic E-state index is 0.909. The Bertz CT molecular complexity index is 3220. The fraction of sp³-hybridized carbons (Fsp3) is 0.0385. The number of furan rings is 1. The molecule has 10 aromatic rings. The van der Waals surface area contributed by atoms with Gasteiger partial charge in [0.05, 0.1) is 22.4 Å². The van der Waals surface area contributed by atoms with Crippen molar-refractivity contribution in [3.8, 4) is 44.6 Å². The molecular weight excluding hydrogens is 669 g/mol. The Morgan fingerprint density at radius 1 is 0.418 bits per heavy atom. The number of rotatable bonds is 5. The molecule has 1 aliphatic carbocycles. The molecule has 1 aliphatic rings. The van der Waals surface area contributed by atoms with Gasteiger partial charge in [-0.25, -0.2) is 9.97 Å². The molecule has 0 atom stereocenters. The minimum atomic E-state index is 0.909. The van der Waals surface area contributed by atoms with E-state index in [0.29, 0.717) is 0 Å². The summed E-state index contributed by atoms with van der Waals surface area (Å²) in [5.74, 6) is 0. The van der Waals surface area contributed by atoms with Gasteiger partial charge in [0.15, 0.2) is 0 Å². The standard InChI is InChI=1S/C52H34N2O/c1-2-14-33(15-3-1)48-49(54-51-45-26-7-5-23-42(45)41-22-4-6-25-44(41)50(51)53-48)39-21-12-19-37(32-39)35-17-10-16-34(30-35)36-18-11-20-38(31-36)40-27-13-28-46-43-24-8-9-29-47(43)55-52(40)46/h1-2,4-14,16-32H,3,15H2. The highest BCUT2D eigenvalue weighted by molar-refractivity contribution is 6.23. The molecule has 2 heterocycles. The Morgan fingerprint density at radius 2 is 0.927 bits per heavy atom. The highest BCUT2D eigenvalue weighted by Crippen LogP contribution is 2.40. The number of aromatic nitrogens is 2. The topological polar surface area (TPSA) is 38.9 Å². The molecule has 0 fully saturated rings. The highest BCUT2D eigenvalue weighted by Gasteiger charge is 2.20. The Labute approximate surface area is 318 Å². The molecule has 3 nitrogen and oxygen atoms in total. The third-order valence-corrected chi connectivity index (χ3v) is 11.1. The van der Waals surface area contributed by atoms with Crippen LogP contribution < -0.4 is 0 Å². The molecule has 55 heavy (non-hydrogen) atoms. The van der Waals surface area contributed by atoms with E-state index in [0.717, 1.165) is 107 Å². The van der Waals surface area contributed by atoms with Crippen LogP contribution in [0.5, 0.6) is 0 Å². The van der Waals surface area contributed by atoms with E-state index in [4.69, 9.17) is 14.4 Å². The van der Waals surface area contributed by atoms with Crippen molar-refractivity contribution in [3.63, 3.8) is 0 Å². The van der Waals surface area contributed by atoms with Crippen LogP contribution in [0.4, 0.5) is 0 Å². The summed E-state index contributed by atoms with van der Waals surface area (Å²) in [6, 6.07) is 58.3. The van der Waals surface area contributed by atoms with Crippen molar-refractivity contribution in [2.24, 2.45) is 0 Å². The lowest BCUT2D eigenvalue weighted by molar-refractivity contribution is 0.670. The van der Waals surface area contributed by atoms with Crippen LogP contribution in [0, 0.1) is 0 Å². The number of fused-ring (bicyclic) bond motifs is 9. The molecule has 0 amide bonds. The average molecular weight is 703 g/mol. The summed E-state index contributed by atoms with van der Waals surface area (Å²) >= 11 is 0. The maximum absolute atomic E-state index is 6.40.